The lowest BCUT2D eigenvalue weighted by atomic mass is 10.2. The summed E-state index contributed by atoms with van der Waals surface area (Å²) in [6, 6.07) is 13.1. The van der Waals surface area contributed by atoms with Crippen LogP contribution in [0.25, 0.3) is 16.6 Å². The molecule has 142 valence electrons. The Bertz CT molecular complexity index is 946. The number of nitrogens with one attached hydrogen (secondary N) is 1. The van der Waals surface area contributed by atoms with E-state index in [0.717, 1.165) is 22.3 Å². The van der Waals surface area contributed by atoms with Gasteiger partial charge in [0.1, 0.15) is 11.5 Å². The molecule has 7 nitrogen and oxygen atoms in total. The van der Waals surface area contributed by atoms with Crippen LogP contribution >= 0.6 is 0 Å². The number of aromatic nitrogens is 2. The Morgan fingerprint density at radius 1 is 1.15 bits per heavy atom. The molecule has 0 saturated heterocycles. The lowest BCUT2D eigenvalue weighted by Crippen LogP contribution is -2.27. The zero-order chi connectivity index (χ0) is 19.6. The van der Waals surface area contributed by atoms with E-state index in [1.807, 2.05) is 56.3 Å². The third kappa shape index (κ3) is 3.81. The van der Waals surface area contributed by atoms with Gasteiger partial charge in [0, 0.05) is 14.1 Å². The number of urea groups is 1. The number of anilines is 1. The molecule has 2 aromatic carbocycles. The van der Waals surface area contributed by atoms with E-state index in [9.17, 15) is 4.79 Å². The molecule has 2 amide bonds. The van der Waals surface area contributed by atoms with Crippen molar-refractivity contribution >= 4 is 22.8 Å². The summed E-state index contributed by atoms with van der Waals surface area (Å²) >= 11 is 0. The minimum absolute atomic E-state index is 0.00247. The first-order valence-corrected chi connectivity index (χ1v) is 8.72. The second-order valence-electron chi connectivity index (χ2n) is 6.60. The Balaban J connectivity index is 2.17. The predicted molar refractivity (Wildman–Crippen MR) is 106 cm³/mol. The first-order chi connectivity index (χ1) is 12.9. The van der Waals surface area contributed by atoms with Crippen LogP contribution in [-0.4, -0.2) is 48.0 Å². The van der Waals surface area contributed by atoms with Gasteiger partial charge >= 0.3 is 6.03 Å². The first-order valence-electron chi connectivity index (χ1n) is 8.72. The van der Waals surface area contributed by atoms with Crippen LogP contribution in [0.1, 0.15) is 13.8 Å². The van der Waals surface area contributed by atoms with Crippen LogP contribution in [0.5, 0.6) is 11.5 Å². The van der Waals surface area contributed by atoms with E-state index >= 15 is 0 Å². The normalized spacial score (nSPS) is 10.9. The van der Waals surface area contributed by atoms with E-state index in [1.54, 1.807) is 25.9 Å². The molecule has 0 unspecified atom stereocenters. The monoisotopic (exact) mass is 368 g/mol. The number of carbonyl (C=O) groups excluding carboxylic acids is 1. The summed E-state index contributed by atoms with van der Waals surface area (Å²) in [5, 5.41) is 8.27. The van der Waals surface area contributed by atoms with Crippen LogP contribution < -0.4 is 14.8 Å². The molecule has 0 aliphatic carbocycles. The highest BCUT2D eigenvalue weighted by molar-refractivity contribution is 6.02. The number of carbonyl (C=O) groups is 1. The quantitative estimate of drug-likeness (QED) is 0.741. The Kier molecular flexibility index (Phi) is 5.21. The van der Waals surface area contributed by atoms with Gasteiger partial charge in [-0.15, -0.1) is 5.10 Å². The first kappa shape index (κ1) is 18.6. The van der Waals surface area contributed by atoms with Gasteiger partial charge in [-0.3, -0.25) is 5.32 Å². The summed E-state index contributed by atoms with van der Waals surface area (Å²) in [4.78, 5) is 13.7. The zero-order valence-corrected chi connectivity index (χ0v) is 16.2. The van der Waals surface area contributed by atoms with Gasteiger partial charge in [-0.05, 0) is 50.2 Å². The number of fused-ring (bicyclic) bond motifs is 1. The molecular formula is C20H24N4O3. The summed E-state index contributed by atoms with van der Waals surface area (Å²) in [6.07, 6.45) is -0.00247. The highest BCUT2D eigenvalue weighted by atomic mass is 16.5. The maximum atomic E-state index is 12.2. The summed E-state index contributed by atoms with van der Waals surface area (Å²) in [5.41, 5.74) is 1.69. The Morgan fingerprint density at radius 2 is 1.85 bits per heavy atom. The molecule has 3 rings (SSSR count). The van der Waals surface area contributed by atoms with E-state index in [-0.39, 0.29) is 12.1 Å². The van der Waals surface area contributed by atoms with E-state index in [2.05, 4.69) is 10.4 Å². The number of hydrogen-bond acceptors (Lipinski definition) is 4. The maximum Gasteiger partial charge on any atom is 0.322 e. The van der Waals surface area contributed by atoms with Crippen LogP contribution in [0.2, 0.25) is 0 Å². The van der Waals surface area contributed by atoms with Gasteiger partial charge < -0.3 is 14.4 Å². The third-order valence-corrected chi connectivity index (χ3v) is 3.98. The van der Waals surface area contributed by atoms with Gasteiger partial charge in [-0.25, -0.2) is 9.48 Å². The highest BCUT2D eigenvalue weighted by Gasteiger charge is 2.19. The number of nitrogens with zero attached hydrogens (tertiary/aromatic N) is 3. The van der Waals surface area contributed by atoms with Gasteiger partial charge in [-0.2, -0.15) is 0 Å². The van der Waals surface area contributed by atoms with E-state index in [4.69, 9.17) is 9.47 Å². The molecule has 27 heavy (non-hydrogen) atoms. The van der Waals surface area contributed by atoms with Crippen molar-refractivity contribution in [2.24, 2.45) is 0 Å². The molecule has 0 spiro atoms. The minimum Gasteiger partial charge on any atom is -0.497 e. The van der Waals surface area contributed by atoms with Crippen molar-refractivity contribution in [3.8, 4) is 17.2 Å². The van der Waals surface area contributed by atoms with Crippen molar-refractivity contribution in [3.63, 3.8) is 0 Å². The van der Waals surface area contributed by atoms with Gasteiger partial charge in [0.05, 0.1) is 29.8 Å². The Morgan fingerprint density at radius 3 is 2.44 bits per heavy atom. The zero-order valence-electron chi connectivity index (χ0n) is 16.2. The largest absolute Gasteiger partial charge is 0.497 e. The van der Waals surface area contributed by atoms with Gasteiger partial charge in [0.25, 0.3) is 0 Å². The maximum absolute atomic E-state index is 12.2. The number of benzene rings is 2. The highest BCUT2D eigenvalue weighted by Crippen LogP contribution is 2.34. The van der Waals surface area contributed by atoms with Crippen molar-refractivity contribution in [3.05, 3.63) is 42.5 Å². The predicted octanol–water partition coefficient (Wildman–Crippen LogP) is 3.91. The van der Waals surface area contributed by atoms with Crippen LogP contribution in [-0.2, 0) is 0 Å². The van der Waals surface area contributed by atoms with Crippen LogP contribution in [0, 0.1) is 0 Å². The Hall–Kier alpha value is -3.22. The molecule has 0 saturated carbocycles. The van der Waals surface area contributed by atoms with Crippen LogP contribution in [0.3, 0.4) is 0 Å². The second-order valence-corrected chi connectivity index (χ2v) is 6.60. The molecule has 1 heterocycles. The molecule has 7 heteroatoms. The number of methoxy groups -OCH3 is 1. The lowest BCUT2D eigenvalue weighted by Gasteiger charge is -2.13. The summed E-state index contributed by atoms with van der Waals surface area (Å²) in [5.74, 6) is 1.90. The molecule has 0 fully saturated rings. The molecule has 1 N–H and O–H groups in total. The minimum atomic E-state index is -0.254. The van der Waals surface area contributed by atoms with Gasteiger partial charge in [-0.1, -0.05) is 6.07 Å². The molecule has 0 radical (unpaired) electrons. The third-order valence-electron chi connectivity index (χ3n) is 3.98. The summed E-state index contributed by atoms with van der Waals surface area (Å²) < 4.78 is 13.0. The van der Waals surface area contributed by atoms with Gasteiger partial charge in [0.2, 0.25) is 0 Å². The van der Waals surface area contributed by atoms with E-state index in [0.29, 0.717) is 11.6 Å². The molecular weight excluding hydrogens is 344 g/mol. The average Bonchev–Trinajstić information content (AvgIpc) is 3.01. The molecule has 1 aromatic heterocycles. The number of rotatable bonds is 5. The average molecular weight is 368 g/mol. The SMILES string of the molecule is COc1ccc(-n2nc(NC(=O)N(C)C)c3c(OC(C)C)cccc32)cc1. The van der Waals surface area contributed by atoms with Crippen LogP contribution in [0.4, 0.5) is 10.6 Å². The fourth-order valence-corrected chi connectivity index (χ4v) is 2.71. The molecule has 3 aromatic rings. The fraction of sp³-hybridized carbons (Fsp3) is 0.300. The number of amides is 2. The van der Waals surface area contributed by atoms with E-state index < -0.39 is 0 Å². The van der Waals surface area contributed by atoms with E-state index in [1.165, 1.54) is 4.90 Å². The molecule has 0 aliphatic heterocycles. The standard InChI is InChI=1S/C20H24N4O3/c1-13(2)27-17-8-6-7-16-18(17)19(21-20(25)23(3)4)22-24(16)14-9-11-15(26-5)12-10-14/h6-13H,1-5H3,(H,21,22,25). The van der Waals surface area contributed by atoms with Gasteiger partial charge in [0.15, 0.2) is 5.82 Å². The Labute approximate surface area is 158 Å². The summed E-state index contributed by atoms with van der Waals surface area (Å²) in [7, 11) is 5.00. The lowest BCUT2D eigenvalue weighted by molar-refractivity contribution is 0.230. The van der Waals surface area contributed by atoms with Crippen molar-refractivity contribution in [2.75, 3.05) is 26.5 Å². The number of ether oxygens (including phenoxy) is 2. The van der Waals surface area contributed by atoms with Crippen molar-refractivity contribution in [1.29, 1.82) is 0 Å². The summed E-state index contributed by atoms with van der Waals surface area (Å²) in [6.45, 7) is 3.93. The molecule has 0 aliphatic rings. The van der Waals surface area contributed by atoms with Crippen molar-refractivity contribution in [2.45, 2.75) is 20.0 Å². The van der Waals surface area contributed by atoms with Crippen LogP contribution in [0.15, 0.2) is 42.5 Å². The smallest absolute Gasteiger partial charge is 0.322 e. The topological polar surface area (TPSA) is 68.6 Å². The fourth-order valence-electron chi connectivity index (χ4n) is 2.71. The van der Waals surface area contributed by atoms with Crippen molar-refractivity contribution < 1.29 is 14.3 Å². The second kappa shape index (κ2) is 7.57. The molecule has 0 bridgehead atoms. The number of hydrogen-bond donors (Lipinski definition) is 1. The van der Waals surface area contributed by atoms with Crippen molar-refractivity contribution in [1.82, 2.24) is 14.7 Å². The molecule has 0 atom stereocenters.